The molecule has 1 aliphatic rings. The molecule has 1 saturated carbocycles. The van der Waals surface area contributed by atoms with E-state index in [9.17, 15) is 0 Å². The van der Waals surface area contributed by atoms with Gasteiger partial charge in [-0.15, -0.1) is 0 Å². The van der Waals surface area contributed by atoms with Crippen molar-refractivity contribution in [3.05, 3.63) is 22.7 Å². The minimum atomic E-state index is 0.518. The van der Waals surface area contributed by atoms with E-state index in [1.165, 1.54) is 19.3 Å². The molecule has 0 saturated heterocycles. The van der Waals surface area contributed by atoms with Crippen LogP contribution in [-0.2, 0) is 0 Å². The molecule has 2 aromatic rings. The minimum Gasteiger partial charge on any atom is -0.369 e. The van der Waals surface area contributed by atoms with Crippen LogP contribution in [0.2, 0.25) is 0 Å². The molecule has 1 heterocycles. The molecule has 0 spiro atoms. The number of fused-ring (bicyclic) bond motifs is 1. The van der Waals surface area contributed by atoms with Gasteiger partial charge >= 0.3 is 0 Å². The molecule has 3 nitrogen and oxygen atoms in total. The molecule has 3 rings (SSSR count). The predicted octanol–water partition coefficient (Wildman–Crippen LogP) is 3.74. The summed E-state index contributed by atoms with van der Waals surface area (Å²) in [7, 11) is 0. The molecule has 0 amide bonds. The van der Waals surface area contributed by atoms with Gasteiger partial charge in [-0.05, 0) is 43.4 Å². The number of rotatable bonds is 1. The van der Waals surface area contributed by atoms with Gasteiger partial charge in [0.2, 0.25) is 5.95 Å². The largest absolute Gasteiger partial charge is 0.369 e. The van der Waals surface area contributed by atoms with Crippen molar-refractivity contribution in [1.82, 2.24) is 9.55 Å². The number of aromatic nitrogens is 2. The molecular formula is C13H16BrN3. The summed E-state index contributed by atoms with van der Waals surface area (Å²) in [6.07, 6.45) is 3.71. The number of halogens is 1. The Balaban J connectivity index is 2.14. The third-order valence-electron chi connectivity index (χ3n) is 3.71. The summed E-state index contributed by atoms with van der Waals surface area (Å²) in [6, 6.07) is 6.66. The van der Waals surface area contributed by atoms with Crippen molar-refractivity contribution >= 4 is 32.9 Å². The van der Waals surface area contributed by atoms with Crippen LogP contribution < -0.4 is 5.73 Å². The number of hydrogen-bond donors (Lipinski definition) is 1. The molecule has 2 N–H and O–H groups in total. The first-order chi connectivity index (χ1) is 8.15. The highest BCUT2D eigenvalue weighted by Crippen LogP contribution is 2.38. The third kappa shape index (κ3) is 1.84. The fourth-order valence-electron chi connectivity index (χ4n) is 2.88. The monoisotopic (exact) mass is 293 g/mol. The van der Waals surface area contributed by atoms with E-state index in [2.05, 4.69) is 38.5 Å². The second-order valence-electron chi connectivity index (χ2n) is 5.05. The third-order valence-corrected chi connectivity index (χ3v) is 4.20. The highest BCUT2D eigenvalue weighted by Gasteiger charge is 2.25. The Morgan fingerprint density at radius 2 is 2.24 bits per heavy atom. The van der Waals surface area contributed by atoms with Gasteiger partial charge in [-0.3, -0.25) is 0 Å². The van der Waals surface area contributed by atoms with E-state index in [1.807, 2.05) is 12.1 Å². The zero-order valence-electron chi connectivity index (χ0n) is 9.86. The number of imidazole rings is 1. The molecule has 0 radical (unpaired) electrons. The summed E-state index contributed by atoms with van der Waals surface area (Å²) in [5, 5.41) is 0. The van der Waals surface area contributed by atoms with Crippen molar-refractivity contribution in [1.29, 1.82) is 0 Å². The summed E-state index contributed by atoms with van der Waals surface area (Å²) in [5.74, 6) is 1.45. The molecule has 1 aromatic carbocycles. The summed E-state index contributed by atoms with van der Waals surface area (Å²) >= 11 is 3.51. The SMILES string of the molecule is CC1CCC(n2c(N)nc3ccc(Br)cc32)C1. The maximum atomic E-state index is 6.07. The van der Waals surface area contributed by atoms with E-state index in [-0.39, 0.29) is 0 Å². The summed E-state index contributed by atoms with van der Waals surface area (Å²) in [5.41, 5.74) is 8.21. The average Bonchev–Trinajstić information content (AvgIpc) is 2.81. The van der Waals surface area contributed by atoms with Gasteiger partial charge in [-0.2, -0.15) is 0 Å². The van der Waals surface area contributed by atoms with Gasteiger partial charge in [0.1, 0.15) is 0 Å². The maximum absolute atomic E-state index is 6.07. The molecule has 4 heteroatoms. The number of nitrogen functional groups attached to an aromatic ring is 1. The Kier molecular flexibility index (Phi) is 2.62. The fraction of sp³-hybridized carbons (Fsp3) is 0.462. The van der Waals surface area contributed by atoms with E-state index in [4.69, 9.17) is 5.73 Å². The van der Waals surface area contributed by atoms with Crippen LogP contribution in [0.15, 0.2) is 22.7 Å². The smallest absolute Gasteiger partial charge is 0.201 e. The molecule has 1 aliphatic carbocycles. The van der Waals surface area contributed by atoms with Gasteiger partial charge in [-0.1, -0.05) is 22.9 Å². The zero-order valence-corrected chi connectivity index (χ0v) is 11.4. The zero-order chi connectivity index (χ0) is 12.0. The Bertz CT molecular complexity index is 561. The standard InChI is InChI=1S/C13H16BrN3/c1-8-2-4-10(6-8)17-12-7-9(14)3-5-11(12)16-13(17)15/h3,5,7-8,10H,2,4,6H2,1H3,(H2,15,16). The molecule has 1 aromatic heterocycles. The highest BCUT2D eigenvalue weighted by molar-refractivity contribution is 9.10. The van der Waals surface area contributed by atoms with Crippen LogP contribution in [0.25, 0.3) is 11.0 Å². The Morgan fingerprint density at radius 3 is 2.94 bits per heavy atom. The van der Waals surface area contributed by atoms with Crippen LogP contribution >= 0.6 is 15.9 Å². The highest BCUT2D eigenvalue weighted by atomic mass is 79.9. The molecule has 0 bridgehead atoms. The van der Waals surface area contributed by atoms with Crippen LogP contribution in [0, 0.1) is 5.92 Å². The lowest BCUT2D eigenvalue weighted by Gasteiger charge is -2.14. The van der Waals surface area contributed by atoms with E-state index in [0.717, 1.165) is 21.4 Å². The van der Waals surface area contributed by atoms with E-state index in [0.29, 0.717) is 12.0 Å². The lowest BCUT2D eigenvalue weighted by Crippen LogP contribution is -2.09. The number of nitrogens with two attached hydrogens (primary N) is 1. The molecule has 2 unspecified atom stereocenters. The van der Waals surface area contributed by atoms with Crippen LogP contribution in [-0.4, -0.2) is 9.55 Å². The molecule has 90 valence electrons. The van der Waals surface area contributed by atoms with Crippen molar-refractivity contribution in [2.75, 3.05) is 5.73 Å². The number of benzene rings is 1. The van der Waals surface area contributed by atoms with Crippen LogP contribution in [0.4, 0.5) is 5.95 Å². The first kappa shape index (κ1) is 11.1. The molecular weight excluding hydrogens is 278 g/mol. The molecule has 0 aliphatic heterocycles. The van der Waals surface area contributed by atoms with Gasteiger partial charge in [0.25, 0.3) is 0 Å². The first-order valence-electron chi connectivity index (χ1n) is 6.08. The second kappa shape index (κ2) is 4.02. The van der Waals surface area contributed by atoms with Crippen molar-refractivity contribution in [2.45, 2.75) is 32.2 Å². The van der Waals surface area contributed by atoms with Gasteiger partial charge in [0.15, 0.2) is 0 Å². The first-order valence-corrected chi connectivity index (χ1v) is 6.87. The fourth-order valence-corrected chi connectivity index (χ4v) is 3.23. The predicted molar refractivity (Wildman–Crippen MR) is 73.9 cm³/mol. The quantitative estimate of drug-likeness (QED) is 0.870. The second-order valence-corrected chi connectivity index (χ2v) is 5.96. The molecule has 2 atom stereocenters. The molecule has 17 heavy (non-hydrogen) atoms. The van der Waals surface area contributed by atoms with Crippen LogP contribution in [0.1, 0.15) is 32.2 Å². The summed E-state index contributed by atoms with van der Waals surface area (Å²) in [4.78, 5) is 4.44. The van der Waals surface area contributed by atoms with Crippen molar-refractivity contribution in [3.8, 4) is 0 Å². The Morgan fingerprint density at radius 1 is 1.41 bits per heavy atom. The van der Waals surface area contributed by atoms with Gasteiger partial charge in [-0.25, -0.2) is 4.98 Å². The average molecular weight is 294 g/mol. The summed E-state index contributed by atoms with van der Waals surface area (Å²) < 4.78 is 3.29. The van der Waals surface area contributed by atoms with Gasteiger partial charge in [0.05, 0.1) is 11.0 Å². The van der Waals surface area contributed by atoms with E-state index in [1.54, 1.807) is 0 Å². The van der Waals surface area contributed by atoms with Crippen molar-refractivity contribution in [2.24, 2.45) is 5.92 Å². The van der Waals surface area contributed by atoms with Crippen LogP contribution in [0.5, 0.6) is 0 Å². The number of hydrogen-bond acceptors (Lipinski definition) is 2. The Hall–Kier alpha value is -1.03. The van der Waals surface area contributed by atoms with Gasteiger partial charge in [0, 0.05) is 10.5 Å². The topological polar surface area (TPSA) is 43.8 Å². The van der Waals surface area contributed by atoms with Crippen molar-refractivity contribution in [3.63, 3.8) is 0 Å². The number of nitrogens with zero attached hydrogens (tertiary/aromatic N) is 2. The number of anilines is 1. The maximum Gasteiger partial charge on any atom is 0.201 e. The minimum absolute atomic E-state index is 0.518. The Labute approximate surface area is 109 Å². The molecule has 1 fully saturated rings. The van der Waals surface area contributed by atoms with Crippen LogP contribution in [0.3, 0.4) is 0 Å². The lowest BCUT2D eigenvalue weighted by molar-refractivity contribution is 0.510. The van der Waals surface area contributed by atoms with Crippen molar-refractivity contribution < 1.29 is 0 Å². The van der Waals surface area contributed by atoms with E-state index >= 15 is 0 Å². The lowest BCUT2D eigenvalue weighted by atomic mass is 10.1. The summed E-state index contributed by atoms with van der Waals surface area (Å²) in [6.45, 7) is 2.31. The normalized spacial score (nSPS) is 24.6. The van der Waals surface area contributed by atoms with E-state index < -0.39 is 0 Å². The van der Waals surface area contributed by atoms with Gasteiger partial charge < -0.3 is 10.3 Å².